The zero-order chi connectivity index (χ0) is 21.1. The lowest BCUT2D eigenvalue weighted by Crippen LogP contribution is -2.73. The molecule has 28 heavy (non-hydrogen) atoms. The van der Waals surface area contributed by atoms with Crippen molar-refractivity contribution < 1.29 is 22.6 Å². The number of fused-ring (bicyclic) bond motifs is 2. The van der Waals surface area contributed by atoms with Gasteiger partial charge in [0.1, 0.15) is 12.2 Å². The van der Waals surface area contributed by atoms with Gasteiger partial charge in [0.05, 0.1) is 12.0 Å². The molecule has 3 atom stereocenters. The summed E-state index contributed by atoms with van der Waals surface area (Å²) < 4.78 is 20.7. The van der Waals surface area contributed by atoms with Gasteiger partial charge in [-0.2, -0.15) is 0 Å². The van der Waals surface area contributed by atoms with Crippen molar-refractivity contribution in [1.29, 1.82) is 0 Å². The van der Waals surface area contributed by atoms with Crippen molar-refractivity contribution in [3.63, 3.8) is 0 Å². The van der Waals surface area contributed by atoms with E-state index < -0.39 is 34.9 Å². The molecule has 2 aliphatic heterocycles. The first-order valence-electron chi connectivity index (χ1n) is 10.5. The number of nitrogens with one attached hydrogen (secondary N) is 1. The summed E-state index contributed by atoms with van der Waals surface area (Å²) in [5.41, 5.74) is 0.0512. The molecule has 0 bridgehead atoms. The molecule has 8 heteroatoms. The summed E-state index contributed by atoms with van der Waals surface area (Å²) in [6.45, 7) is 17.1. The standard InChI is InChI=1S/C20H35NO5Si2/c1-12(2)27(13(3)4)24-18-16(22)9-10-20(11-17(23)21-20)19(18)25-28(26-27,14(5)6)15(7)8/h9-10,12-15,18-19H,11H2,1-8H3,(H,21,23)/t18-,19-,20?/m1/s1. The molecule has 6 nitrogen and oxygen atoms in total. The van der Waals surface area contributed by atoms with Crippen molar-refractivity contribution in [2.75, 3.05) is 0 Å². The molecule has 1 N–H and O–H groups in total. The summed E-state index contributed by atoms with van der Waals surface area (Å²) >= 11 is 0. The lowest BCUT2D eigenvalue weighted by molar-refractivity contribution is -0.144. The fourth-order valence-electron chi connectivity index (χ4n) is 4.95. The van der Waals surface area contributed by atoms with Crippen LogP contribution in [0.15, 0.2) is 12.2 Å². The number of carbonyl (C=O) groups is 2. The van der Waals surface area contributed by atoms with Crippen LogP contribution in [-0.4, -0.2) is 46.6 Å². The molecule has 1 spiro atoms. The number of amides is 1. The summed E-state index contributed by atoms with van der Waals surface area (Å²) in [6.07, 6.45) is 2.42. The van der Waals surface area contributed by atoms with Crippen molar-refractivity contribution in [1.82, 2.24) is 5.32 Å². The average Bonchev–Trinajstić information content (AvgIpc) is 2.74. The van der Waals surface area contributed by atoms with Gasteiger partial charge in [-0.05, 0) is 28.2 Å². The van der Waals surface area contributed by atoms with Crippen LogP contribution in [0.4, 0.5) is 0 Å². The van der Waals surface area contributed by atoms with Gasteiger partial charge < -0.3 is 18.3 Å². The second kappa shape index (κ2) is 7.16. The van der Waals surface area contributed by atoms with E-state index in [2.05, 4.69) is 60.7 Å². The van der Waals surface area contributed by atoms with Crippen LogP contribution in [0, 0.1) is 0 Å². The Hall–Kier alpha value is -0.806. The molecular weight excluding hydrogens is 390 g/mol. The first-order chi connectivity index (χ1) is 12.9. The molecular formula is C20H35NO5Si2. The van der Waals surface area contributed by atoms with Crippen LogP contribution in [0.25, 0.3) is 0 Å². The maximum absolute atomic E-state index is 13.0. The summed E-state index contributed by atoms with van der Waals surface area (Å²) in [5.74, 6) is -0.111. The molecule has 0 aromatic rings. The molecule has 158 valence electrons. The van der Waals surface area contributed by atoms with E-state index in [1.54, 1.807) is 12.2 Å². The molecule has 0 aromatic heterocycles. The van der Waals surface area contributed by atoms with Gasteiger partial charge in [-0.3, -0.25) is 9.59 Å². The van der Waals surface area contributed by atoms with E-state index in [4.69, 9.17) is 13.0 Å². The normalized spacial score (nSPS) is 34.0. The van der Waals surface area contributed by atoms with Crippen molar-refractivity contribution in [3.05, 3.63) is 12.2 Å². The van der Waals surface area contributed by atoms with E-state index in [1.165, 1.54) is 0 Å². The number of rotatable bonds is 4. The maximum Gasteiger partial charge on any atom is 0.335 e. The van der Waals surface area contributed by atoms with Gasteiger partial charge in [0, 0.05) is 0 Å². The van der Waals surface area contributed by atoms with Gasteiger partial charge >= 0.3 is 17.1 Å². The van der Waals surface area contributed by atoms with E-state index in [9.17, 15) is 9.59 Å². The van der Waals surface area contributed by atoms with Gasteiger partial charge in [-0.15, -0.1) is 0 Å². The van der Waals surface area contributed by atoms with Crippen LogP contribution >= 0.6 is 0 Å². The Kier molecular flexibility index (Phi) is 5.60. The predicted molar refractivity (Wildman–Crippen MR) is 112 cm³/mol. The molecule has 0 aromatic carbocycles. The van der Waals surface area contributed by atoms with E-state index in [0.717, 1.165) is 0 Å². The van der Waals surface area contributed by atoms with Crippen molar-refractivity contribution in [3.8, 4) is 0 Å². The highest BCUT2D eigenvalue weighted by Gasteiger charge is 2.66. The van der Waals surface area contributed by atoms with Crippen LogP contribution in [0.3, 0.4) is 0 Å². The van der Waals surface area contributed by atoms with E-state index >= 15 is 0 Å². The molecule has 2 fully saturated rings. The summed E-state index contributed by atoms with van der Waals surface area (Å²) in [7, 11) is -5.58. The highest BCUT2D eigenvalue weighted by molar-refractivity contribution is 6.84. The fourth-order valence-corrected chi connectivity index (χ4v) is 16.2. The summed E-state index contributed by atoms with van der Waals surface area (Å²) in [6, 6.07) is 0. The predicted octanol–water partition coefficient (Wildman–Crippen LogP) is 3.71. The Bertz CT molecular complexity index is 664. The summed E-state index contributed by atoms with van der Waals surface area (Å²) in [4.78, 5) is 24.8. The minimum Gasteiger partial charge on any atom is -0.414 e. The van der Waals surface area contributed by atoms with Gasteiger partial charge in [0.15, 0.2) is 5.78 Å². The quantitative estimate of drug-likeness (QED) is 0.549. The molecule has 2 saturated heterocycles. The molecule has 1 unspecified atom stereocenters. The largest absolute Gasteiger partial charge is 0.414 e. The molecule has 3 aliphatic rings. The van der Waals surface area contributed by atoms with Gasteiger partial charge in [-0.25, -0.2) is 0 Å². The summed E-state index contributed by atoms with van der Waals surface area (Å²) in [5, 5.41) is 3.01. The van der Waals surface area contributed by atoms with Crippen LogP contribution in [0.5, 0.6) is 0 Å². The Balaban J connectivity index is 2.19. The lowest BCUT2D eigenvalue weighted by Gasteiger charge is -2.51. The smallest absolute Gasteiger partial charge is 0.335 e. The molecule has 2 heterocycles. The SMILES string of the molecule is CC(C)[Si]1(C(C)C)O[C@@H]2C(=O)C=CC3(CC(=O)N3)[C@@H]2O[Si](C(C)C)(C(C)C)O1. The van der Waals surface area contributed by atoms with Gasteiger partial charge in [-0.1, -0.05) is 61.5 Å². The molecule has 0 saturated carbocycles. The second-order valence-corrected chi connectivity index (χ2v) is 18.5. The molecule has 0 radical (unpaired) electrons. The third-order valence-electron chi connectivity index (χ3n) is 6.59. The molecule has 1 amide bonds. The minimum atomic E-state index is -2.80. The van der Waals surface area contributed by atoms with E-state index in [1.807, 2.05) is 0 Å². The van der Waals surface area contributed by atoms with Crippen LogP contribution in [0.1, 0.15) is 61.8 Å². The van der Waals surface area contributed by atoms with Gasteiger partial charge in [0.2, 0.25) is 5.91 Å². The highest BCUT2D eigenvalue weighted by atomic mass is 28.5. The lowest BCUT2D eigenvalue weighted by atomic mass is 9.75. The Morgan fingerprint density at radius 3 is 1.82 bits per heavy atom. The number of β-lactam (4-membered cyclic amide) rings is 1. The molecule has 1 aliphatic carbocycles. The number of carbonyl (C=O) groups excluding carboxylic acids is 2. The van der Waals surface area contributed by atoms with E-state index in [-0.39, 0.29) is 33.9 Å². The van der Waals surface area contributed by atoms with Crippen molar-refractivity contribution in [2.24, 2.45) is 0 Å². The fraction of sp³-hybridized carbons (Fsp3) is 0.800. The number of hydrogen-bond donors (Lipinski definition) is 1. The Morgan fingerprint density at radius 1 is 0.929 bits per heavy atom. The van der Waals surface area contributed by atoms with Crippen molar-refractivity contribution in [2.45, 2.75) is 102 Å². The Labute approximate surface area is 170 Å². The molecule has 3 rings (SSSR count). The first kappa shape index (κ1) is 21.9. The Morgan fingerprint density at radius 2 is 1.39 bits per heavy atom. The number of ketones is 1. The third kappa shape index (κ3) is 3.08. The minimum absolute atomic E-state index is 0.0240. The zero-order valence-electron chi connectivity index (χ0n) is 18.4. The first-order valence-corrected chi connectivity index (χ1v) is 14.4. The monoisotopic (exact) mass is 425 g/mol. The van der Waals surface area contributed by atoms with Crippen LogP contribution in [-0.2, 0) is 22.6 Å². The van der Waals surface area contributed by atoms with Crippen LogP contribution < -0.4 is 5.32 Å². The number of hydrogen-bond acceptors (Lipinski definition) is 5. The maximum atomic E-state index is 13.0. The highest BCUT2D eigenvalue weighted by Crippen LogP contribution is 2.50. The van der Waals surface area contributed by atoms with Gasteiger partial charge in [0.25, 0.3) is 0 Å². The van der Waals surface area contributed by atoms with Crippen LogP contribution in [0.2, 0.25) is 22.2 Å². The van der Waals surface area contributed by atoms with E-state index in [0.29, 0.717) is 6.42 Å². The third-order valence-corrected chi connectivity index (χ3v) is 16.8. The second-order valence-electron chi connectivity index (χ2n) is 9.74. The average molecular weight is 426 g/mol. The zero-order valence-corrected chi connectivity index (χ0v) is 20.4. The topological polar surface area (TPSA) is 73.9 Å². The van der Waals surface area contributed by atoms with Crippen molar-refractivity contribution >= 4 is 28.8 Å².